The fourth-order valence-electron chi connectivity index (χ4n) is 3.45. The molecule has 2 heterocycles. The van der Waals surface area contributed by atoms with Gasteiger partial charge >= 0.3 is 0 Å². The van der Waals surface area contributed by atoms with Gasteiger partial charge in [-0.1, -0.05) is 20.8 Å². The van der Waals surface area contributed by atoms with Crippen LogP contribution in [0.3, 0.4) is 0 Å². The number of hydrogen-bond donors (Lipinski definition) is 1. The fourth-order valence-corrected chi connectivity index (χ4v) is 3.45. The molecular weight excluding hydrogens is 304 g/mol. The lowest BCUT2D eigenvalue weighted by Gasteiger charge is -2.22. The quantitative estimate of drug-likeness (QED) is 0.814. The lowest BCUT2D eigenvalue weighted by atomic mass is 9.96. The van der Waals surface area contributed by atoms with Gasteiger partial charge in [-0.15, -0.1) is 0 Å². The van der Waals surface area contributed by atoms with Gasteiger partial charge in [-0.25, -0.2) is 0 Å². The summed E-state index contributed by atoms with van der Waals surface area (Å²) in [6, 6.07) is 1.92. The molecule has 24 heavy (non-hydrogen) atoms. The third-order valence-corrected chi connectivity index (χ3v) is 4.95. The van der Waals surface area contributed by atoms with Gasteiger partial charge in [0, 0.05) is 39.2 Å². The molecule has 1 aromatic heterocycles. The van der Waals surface area contributed by atoms with Crippen molar-refractivity contribution >= 4 is 5.91 Å². The number of nitrogens with zero attached hydrogens (tertiary/aromatic N) is 4. The Labute approximate surface area is 145 Å². The molecule has 0 aliphatic carbocycles. The Morgan fingerprint density at radius 2 is 2.08 bits per heavy atom. The number of amides is 1. The van der Waals surface area contributed by atoms with Crippen molar-refractivity contribution in [2.24, 2.45) is 24.8 Å². The van der Waals surface area contributed by atoms with Crippen LogP contribution in [0.4, 0.5) is 0 Å². The number of aromatic nitrogens is 2. The molecule has 2 atom stereocenters. The highest BCUT2D eigenvalue weighted by atomic mass is 16.3. The molecule has 1 aromatic rings. The Morgan fingerprint density at radius 3 is 2.67 bits per heavy atom. The Morgan fingerprint density at radius 1 is 1.42 bits per heavy atom. The van der Waals surface area contributed by atoms with E-state index in [2.05, 4.69) is 37.8 Å². The molecule has 0 spiro atoms. The Hall–Kier alpha value is -1.40. The lowest BCUT2D eigenvalue weighted by Crippen LogP contribution is -2.32. The van der Waals surface area contributed by atoms with Crippen molar-refractivity contribution in [1.82, 2.24) is 19.6 Å². The zero-order chi connectivity index (χ0) is 17.9. The average Bonchev–Trinajstić information content (AvgIpc) is 3.09. The first-order valence-electron chi connectivity index (χ1n) is 8.97. The number of aliphatic hydroxyl groups is 1. The van der Waals surface area contributed by atoms with Crippen molar-refractivity contribution in [3.8, 4) is 0 Å². The summed E-state index contributed by atoms with van der Waals surface area (Å²) in [6.45, 7) is 9.78. The Bertz CT molecular complexity index is 555. The minimum Gasteiger partial charge on any atom is -0.396 e. The van der Waals surface area contributed by atoms with Gasteiger partial charge in [0.1, 0.15) is 5.69 Å². The lowest BCUT2D eigenvalue weighted by molar-refractivity contribution is 0.0768. The standard InChI is InChI=1S/C18H32N4O2/c1-6-20(4)9-14-10-22(11-15(14)12-23)18(24)17-8-16(7-13(2)3)19-21(17)5/h8,13-15,23H,6-7,9-12H2,1-5H3/t14-,15-/m1/s1. The van der Waals surface area contributed by atoms with E-state index in [0.29, 0.717) is 30.6 Å². The van der Waals surface area contributed by atoms with E-state index in [1.54, 1.807) is 4.68 Å². The largest absolute Gasteiger partial charge is 0.396 e. The van der Waals surface area contributed by atoms with E-state index < -0.39 is 0 Å². The topological polar surface area (TPSA) is 61.6 Å². The predicted octanol–water partition coefficient (Wildman–Crippen LogP) is 1.25. The molecule has 1 amide bonds. The smallest absolute Gasteiger partial charge is 0.272 e. The number of aliphatic hydroxyl groups excluding tert-OH is 1. The van der Waals surface area contributed by atoms with Crippen LogP contribution in [-0.2, 0) is 13.5 Å². The number of carbonyl (C=O) groups is 1. The van der Waals surface area contributed by atoms with Crippen LogP contribution in [0, 0.1) is 17.8 Å². The van der Waals surface area contributed by atoms with Gasteiger partial charge < -0.3 is 14.9 Å². The van der Waals surface area contributed by atoms with Crippen LogP contribution in [0.2, 0.25) is 0 Å². The van der Waals surface area contributed by atoms with Crippen molar-refractivity contribution in [1.29, 1.82) is 0 Å². The van der Waals surface area contributed by atoms with Crippen LogP contribution in [0.15, 0.2) is 6.07 Å². The Kier molecular flexibility index (Phi) is 6.40. The van der Waals surface area contributed by atoms with Gasteiger partial charge in [-0.05, 0) is 37.9 Å². The molecule has 0 saturated carbocycles. The molecule has 1 aliphatic heterocycles. The van der Waals surface area contributed by atoms with Gasteiger partial charge in [0.15, 0.2) is 0 Å². The van der Waals surface area contributed by atoms with E-state index in [0.717, 1.165) is 25.2 Å². The van der Waals surface area contributed by atoms with E-state index in [-0.39, 0.29) is 18.4 Å². The summed E-state index contributed by atoms with van der Waals surface area (Å²) < 4.78 is 1.69. The second-order valence-corrected chi connectivity index (χ2v) is 7.51. The summed E-state index contributed by atoms with van der Waals surface area (Å²) in [4.78, 5) is 17.0. The summed E-state index contributed by atoms with van der Waals surface area (Å²) in [5.74, 6) is 1.03. The van der Waals surface area contributed by atoms with Gasteiger partial charge in [0.2, 0.25) is 0 Å². The second-order valence-electron chi connectivity index (χ2n) is 7.51. The van der Waals surface area contributed by atoms with Crippen LogP contribution < -0.4 is 0 Å². The van der Waals surface area contributed by atoms with Crippen molar-refractivity contribution in [3.63, 3.8) is 0 Å². The van der Waals surface area contributed by atoms with Crippen molar-refractivity contribution in [2.45, 2.75) is 27.2 Å². The van der Waals surface area contributed by atoms with E-state index >= 15 is 0 Å². The van der Waals surface area contributed by atoms with Gasteiger partial charge in [0.05, 0.1) is 5.69 Å². The van der Waals surface area contributed by atoms with Crippen molar-refractivity contribution in [3.05, 3.63) is 17.5 Å². The normalized spacial score (nSPS) is 21.2. The summed E-state index contributed by atoms with van der Waals surface area (Å²) in [6.07, 6.45) is 0.879. The second kappa shape index (κ2) is 8.12. The molecule has 0 radical (unpaired) electrons. The predicted molar refractivity (Wildman–Crippen MR) is 94.9 cm³/mol. The van der Waals surface area contributed by atoms with Crippen LogP contribution in [0.5, 0.6) is 0 Å². The SMILES string of the molecule is CCN(C)C[C@@H]1CN(C(=O)c2cc(CC(C)C)nn2C)C[C@@H]1CO. The number of likely N-dealkylation sites (tertiary alicyclic amines) is 1. The number of aryl methyl sites for hydroxylation is 1. The molecule has 1 aliphatic rings. The van der Waals surface area contributed by atoms with Crippen LogP contribution >= 0.6 is 0 Å². The molecule has 136 valence electrons. The van der Waals surface area contributed by atoms with Crippen LogP contribution in [-0.4, -0.2) is 70.4 Å². The number of hydrogen-bond acceptors (Lipinski definition) is 4. The monoisotopic (exact) mass is 336 g/mol. The molecule has 1 N–H and O–H groups in total. The minimum atomic E-state index is 0.0279. The molecule has 0 aromatic carbocycles. The summed E-state index contributed by atoms with van der Waals surface area (Å²) >= 11 is 0. The molecule has 1 fully saturated rings. The summed E-state index contributed by atoms with van der Waals surface area (Å²) in [5, 5.41) is 14.2. The first kappa shape index (κ1) is 18.9. The Balaban J connectivity index is 2.08. The molecule has 6 nitrogen and oxygen atoms in total. The van der Waals surface area contributed by atoms with Gasteiger partial charge in [-0.3, -0.25) is 9.48 Å². The average molecular weight is 336 g/mol. The first-order valence-corrected chi connectivity index (χ1v) is 8.97. The van der Waals surface area contributed by atoms with E-state index in [4.69, 9.17) is 0 Å². The number of rotatable bonds is 7. The zero-order valence-electron chi connectivity index (χ0n) is 15.7. The zero-order valence-corrected chi connectivity index (χ0v) is 15.7. The molecule has 1 saturated heterocycles. The highest BCUT2D eigenvalue weighted by molar-refractivity contribution is 5.93. The highest BCUT2D eigenvalue weighted by Crippen LogP contribution is 2.25. The summed E-state index contributed by atoms with van der Waals surface area (Å²) in [5.41, 5.74) is 1.61. The maximum Gasteiger partial charge on any atom is 0.272 e. The molecular formula is C18H32N4O2. The maximum absolute atomic E-state index is 12.9. The van der Waals surface area contributed by atoms with Crippen LogP contribution in [0.1, 0.15) is 37.0 Å². The van der Waals surface area contributed by atoms with Gasteiger partial charge in [-0.2, -0.15) is 5.10 Å². The third kappa shape index (κ3) is 4.36. The van der Waals surface area contributed by atoms with Gasteiger partial charge in [0.25, 0.3) is 5.91 Å². The van der Waals surface area contributed by atoms with Crippen LogP contribution in [0.25, 0.3) is 0 Å². The number of carbonyl (C=O) groups excluding carboxylic acids is 1. The molecule has 2 rings (SSSR count). The highest BCUT2D eigenvalue weighted by Gasteiger charge is 2.36. The minimum absolute atomic E-state index is 0.0279. The molecule has 0 unspecified atom stereocenters. The van der Waals surface area contributed by atoms with E-state index in [1.165, 1.54) is 0 Å². The molecule has 6 heteroatoms. The maximum atomic E-state index is 12.9. The van der Waals surface area contributed by atoms with Crippen molar-refractivity contribution < 1.29 is 9.90 Å². The molecule has 0 bridgehead atoms. The van der Waals surface area contributed by atoms with E-state index in [9.17, 15) is 9.90 Å². The fraction of sp³-hybridized carbons (Fsp3) is 0.778. The third-order valence-electron chi connectivity index (χ3n) is 4.95. The van der Waals surface area contributed by atoms with E-state index in [1.807, 2.05) is 18.0 Å². The summed E-state index contributed by atoms with van der Waals surface area (Å²) in [7, 11) is 3.91. The first-order chi connectivity index (χ1) is 11.3. The van der Waals surface area contributed by atoms with Crippen molar-refractivity contribution in [2.75, 3.05) is 39.8 Å².